The van der Waals surface area contributed by atoms with Crippen molar-refractivity contribution in [1.29, 1.82) is 0 Å². The van der Waals surface area contributed by atoms with Gasteiger partial charge in [0.25, 0.3) is 0 Å². The predicted molar refractivity (Wildman–Crippen MR) is 95.2 cm³/mol. The van der Waals surface area contributed by atoms with Crippen LogP contribution in [-0.4, -0.2) is 80.7 Å². The fraction of sp³-hybridized carbons (Fsp3) is 0.857. The second kappa shape index (κ2) is 11.3. The van der Waals surface area contributed by atoms with Crippen molar-refractivity contribution in [3.63, 3.8) is 0 Å². The van der Waals surface area contributed by atoms with Crippen LogP contribution in [0.5, 0.6) is 0 Å². The highest BCUT2D eigenvalue weighted by Crippen LogP contribution is 2.30. The Morgan fingerprint density at radius 3 is 2.33 bits per heavy atom. The molecule has 1 heterocycles. The number of Topliss-reactive ketones (excluding diaryl/α,β-unsaturated/α-hetero) is 1. The molecule has 0 aromatic heterocycles. The lowest BCUT2D eigenvalue weighted by atomic mass is 10.0. The molecule has 0 unspecified atom stereocenters. The number of aliphatic hydroxyl groups excluding tert-OH is 4. The Kier molecular flexibility index (Phi) is 10.1. The number of thioether (sulfide) groups is 1. The lowest BCUT2D eigenvalue weighted by Gasteiger charge is -2.39. The molecule has 1 aliphatic heterocycles. The Morgan fingerprint density at radius 2 is 1.78 bits per heavy atom. The van der Waals surface area contributed by atoms with Gasteiger partial charge in [-0.25, -0.2) is 4.28 Å². The molecular formula is C14H25NO10S2. The number of oxime groups is 1. The molecule has 13 heteroatoms. The van der Waals surface area contributed by atoms with Crippen LogP contribution < -0.4 is 0 Å². The largest absolute Gasteiger partial charge is 0.466 e. The van der Waals surface area contributed by atoms with Gasteiger partial charge in [0.15, 0.2) is 0 Å². The van der Waals surface area contributed by atoms with Gasteiger partial charge in [-0.05, 0) is 19.3 Å². The summed E-state index contributed by atoms with van der Waals surface area (Å²) in [4.78, 5) is 11.3. The first kappa shape index (κ1) is 24.2. The number of hydrogen-bond donors (Lipinski definition) is 5. The van der Waals surface area contributed by atoms with Crippen LogP contribution in [0.25, 0.3) is 0 Å². The van der Waals surface area contributed by atoms with Crippen LogP contribution in [-0.2, 0) is 24.2 Å². The van der Waals surface area contributed by atoms with Crippen LogP contribution in [0, 0.1) is 0 Å². The molecule has 5 N–H and O–H groups in total. The monoisotopic (exact) mass is 431 g/mol. The van der Waals surface area contributed by atoms with Crippen molar-refractivity contribution in [2.45, 2.75) is 68.9 Å². The van der Waals surface area contributed by atoms with Crippen molar-refractivity contribution >= 4 is 33.0 Å². The molecule has 1 rings (SSSR count). The number of ketones is 1. The molecule has 0 amide bonds. The predicted octanol–water partition coefficient (Wildman–Crippen LogP) is -0.808. The summed E-state index contributed by atoms with van der Waals surface area (Å²) < 4.78 is 39.4. The maximum absolute atomic E-state index is 11.3. The number of carbonyl (C=O) groups excluding carboxylic acids is 1. The van der Waals surface area contributed by atoms with E-state index in [1.807, 2.05) is 0 Å². The van der Waals surface area contributed by atoms with Gasteiger partial charge in [-0.15, -0.1) is 0 Å². The highest BCUT2D eigenvalue weighted by Gasteiger charge is 2.44. The zero-order valence-corrected chi connectivity index (χ0v) is 16.3. The van der Waals surface area contributed by atoms with Crippen LogP contribution in [0.15, 0.2) is 5.16 Å². The lowest BCUT2D eigenvalue weighted by molar-refractivity contribution is -0.205. The van der Waals surface area contributed by atoms with Gasteiger partial charge in [0.1, 0.15) is 40.7 Å². The third-order valence-electron chi connectivity index (χ3n) is 3.82. The Hall–Kier alpha value is -0.800. The van der Waals surface area contributed by atoms with Crippen LogP contribution in [0.1, 0.15) is 39.0 Å². The smallest absolute Gasteiger partial charge is 0.394 e. The third kappa shape index (κ3) is 8.39. The zero-order chi connectivity index (χ0) is 20.6. The first-order valence-corrected chi connectivity index (χ1v) is 10.5. The van der Waals surface area contributed by atoms with Gasteiger partial charge in [0.2, 0.25) is 0 Å². The van der Waals surface area contributed by atoms with E-state index in [4.69, 9.17) is 9.29 Å². The van der Waals surface area contributed by atoms with E-state index in [9.17, 15) is 33.6 Å². The normalized spacial score (nSPS) is 29.6. The van der Waals surface area contributed by atoms with E-state index in [1.54, 1.807) is 6.92 Å². The van der Waals surface area contributed by atoms with Gasteiger partial charge < -0.3 is 25.2 Å². The maximum Gasteiger partial charge on any atom is 0.466 e. The van der Waals surface area contributed by atoms with E-state index >= 15 is 0 Å². The minimum absolute atomic E-state index is 0.0147. The minimum atomic E-state index is -4.84. The first-order valence-electron chi connectivity index (χ1n) is 8.30. The average molecular weight is 431 g/mol. The van der Waals surface area contributed by atoms with Gasteiger partial charge in [-0.1, -0.05) is 23.8 Å². The van der Waals surface area contributed by atoms with Crippen LogP contribution in [0.2, 0.25) is 0 Å². The van der Waals surface area contributed by atoms with E-state index in [1.165, 1.54) is 0 Å². The number of ether oxygens (including phenoxy) is 1. The summed E-state index contributed by atoms with van der Waals surface area (Å²) in [5.41, 5.74) is -1.18. The van der Waals surface area contributed by atoms with Crippen molar-refractivity contribution in [1.82, 2.24) is 0 Å². The van der Waals surface area contributed by atoms with Gasteiger partial charge in [0.05, 0.1) is 6.61 Å². The first-order chi connectivity index (χ1) is 12.6. The second-order valence-corrected chi connectivity index (χ2v) is 8.08. The molecule has 0 bridgehead atoms. The molecular weight excluding hydrogens is 406 g/mol. The quantitative estimate of drug-likeness (QED) is 0.0958. The number of unbranched alkanes of at least 4 members (excludes halogenated alkanes) is 1. The van der Waals surface area contributed by atoms with Crippen molar-refractivity contribution in [3.05, 3.63) is 0 Å². The van der Waals surface area contributed by atoms with E-state index in [0.29, 0.717) is 37.4 Å². The molecule has 1 saturated heterocycles. The Bertz CT molecular complexity index is 609. The van der Waals surface area contributed by atoms with E-state index < -0.39 is 46.9 Å². The maximum atomic E-state index is 11.3. The van der Waals surface area contributed by atoms with Gasteiger partial charge in [-0.2, -0.15) is 8.42 Å². The SMILES string of the molecule is CCC(=O)CCCCC(=NOS(=O)(=O)O)S[C@@H]1O[C@H](CO)[C@@H](O)[C@H](O)[C@H]1O. The number of aliphatic hydroxyl groups is 4. The molecule has 1 fully saturated rings. The van der Waals surface area contributed by atoms with Crippen LogP contribution in [0.3, 0.4) is 0 Å². The molecule has 0 saturated carbocycles. The Labute approximate surface area is 161 Å². The van der Waals surface area contributed by atoms with Crippen molar-refractivity contribution in [2.75, 3.05) is 6.61 Å². The molecule has 5 atom stereocenters. The van der Waals surface area contributed by atoms with E-state index in [-0.39, 0.29) is 17.2 Å². The van der Waals surface area contributed by atoms with Gasteiger partial charge in [-0.3, -0.25) is 9.35 Å². The molecule has 0 radical (unpaired) electrons. The fourth-order valence-corrected chi connectivity index (χ4v) is 3.63. The topological polar surface area (TPSA) is 183 Å². The van der Waals surface area contributed by atoms with Crippen molar-refractivity contribution < 1.29 is 47.2 Å². The number of rotatable bonds is 10. The second-order valence-electron chi connectivity index (χ2n) is 5.90. The molecule has 0 spiro atoms. The highest BCUT2D eigenvalue weighted by molar-refractivity contribution is 8.14. The van der Waals surface area contributed by atoms with E-state index in [0.717, 1.165) is 0 Å². The number of carbonyl (C=O) groups is 1. The van der Waals surface area contributed by atoms with Crippen molar-refractivity contribution in [2.24, 2.45) is 5.16 Å². The molecule has 0 aromatic carbocycles. The summed E-state index contributed by atoms with van der Waals surface area (Å²) in [6, 6.07) is 0. The van der Waals surface area contributed by atoms with Crippen molar-refractivity contribution in [3.8, 4) is 0 Å². The summed E-state index contributed by atoms with van der Waals surface area (Å²) in [6.45, 7) is 1.12. The molecule has 11 nitrogen and oxygen atoms in total. The summed E-state index contributed by atoms with van der Waals surface area (Å²) in [6.07, 6.45) is -3.98. The highest BCUT2D eigenvalue weighted by atomic mass is 32.3. The summed E-state index contributed by atoms with van der Waals surface area (Å²) in [5.74, 6) is 0.0734. The molecule has 0 aromatic rings. The molecule has 0 aliphatic carbocycles. The zero-order valence-electron chi connectivity index (χ0n) is 14.7. The van der Waals surface area contributed by atoms with Crippen LogP contribution in [0.4, 0.5) is 0 Å². The minimum Gasteiger partial charge on any atom is -0.394 e. The number of hydrogen-bond acceptors (Lipinski definition) is 11. The summed E-state index contributed by atoms with van der Waals surface area (Å²) in [5, 5.41) is 42.1. The Morgan fingerprint density at radius 1 is 1.15 bits per heavy atom. The average Bonchev–Trinajstić information content (AvgIpc) is 2.62. The van der Waals surface area contributed by atoms with Gasteiger partial charge in [0, 0.05) is 12.8 Å². The number of nitrogens with zero attached hydrogens (tertiary/aromatic N) is 1. The molecule has 1 aliphatic rings. The van der Waals surface area contributed by atoms with E-state index in [2.05, 4.69) is 9.44 Å². The molecule has 27 heavy (non-hydrogen) atoms. The lowest BCUT2D eigenvalue weighted by Crippen LogP contribution is -2.57. The fourth-order valence-electron chi connectivity index (χ4n) is 2.29. The standard InChI is InChI=1S/C14H25NO10S2/c1-2-8(17)5-3-4-6-10(15-25-27(21,22)23)26-14-13(20)12(19)11(18)9(7-16)24-14/h9,11-14,16,18-20H,2-7H2,1H3,(H,21,22,23)/t9-,11-,12+,13-,14+/m1/s1. The summed E-state index contributed by atoms with van der Waals surface area (Å²) >= 11 is 0.714. The van der Waals surface area contributed by atoms with Gasteiger partial charge >= 0.3 is 10.4 Å². The Balaban J connectivity index is 2.78. The third-order valence-corrected chi connectivity index (χ3v) is 5.26. The molecule has 158 valence electrons. The summed E-state index contributed by atoms with van der Waals surface area (Å²) in [7, 11) is -4.84. The van der Waals surface area contributed by atoms with Crippen LogP contribution >= 0.6 is 11.8 Å².